The molecular weight excluding hydrogens is 144 g/mol. The Morgan fingerprint density at radius 1 is 1.73 bits per heavy atom. The molecule has 66 valence electrons. The third-order valence-corrected chi connectivity index (χ3v) is 0.649. The van der Waals surface area contributed by atoms with E-state index in [1.807, 2.05) is 19.1 Å². The maximum absolute atomic E-state index is 9.25. The number of carboxylic acid groups (broad SMARTS) is 1. The largest absolute Gasteiger partial charge is 0.478 e. The normalized spacial score (nSPS) is 8.36. The first-order valence-electron chi connectivity index (χ1n) is 3.30. The van der Waals surface area contributed by atoms with Gasteiger partial charge in [-0.2, -0.15) is 0 Å². The lowest BCUT2D eigenvalue weighted by molar-refractivity contribution is -0.131. The van der Waals surface area contributed by atoms with Crippen LogP contribution in [0.4, 0.5) is 0 Å². The molecule has 0 fully saturated rings. The van der Waals surface area contributed by atoms with Crippen molar-refractivity contribution in [1.29, 1.82) is 0 Å². The lowest BCUT2D eigenvalue weighted by Crippen LogP contribution is -2.29. The third kappa shape index (κ3) is 27.2. The van der Waals surface area contributed by atoms with Crippen molar-refractivity contribution in [3.63, 3.8) is 0 Å². The second-order valence-corrected chi connectivity index (χ2v) is 1.95. The number of hydrogen-bond donors (Lipinski definition) is 2. The lowest BCUT2D eigenvalue weighted by Gasteiger charge is -2.07. The summed E-state index contributed by atoms with van der Waals surface area (Å²) in [6, 6.07) is 0. The van der Waals surface area contributed by atoms with Crippen molar-refractivity contribution >= 4 is 5.97 Å². The summed E-state index contributed by atoms with van der Waals surface area (Å²) in [5.41, 5.74) is 3.04. The number of carboxylic acids is 1. The van der Waals surface area contributed by atoms with Crippen LogP contribution in [-0.2, 0) is 4.79 Å². The molecule has 0 aromatic heterocycles. The van der Waals surface area contributed by atoms with Gasteiger partial charge in [-0.25, -0.2) is 4.79 Å². The maximum atomic E-state index is 9.25. The SMILES string of the molecule is C=CC(=O)O.CCNN(C)C. The fourth-order valence-electron chi connectivity index (χ4n) is 0.316. The lowest BCUT2D eigenvalue weighted by atomic mass is 10.7. The van der Waals surface area contributed by atoms with E-state index in [-0.39, 0.29) is 0 Å². The van der Waals surface area contributed by atoms with Crippen LogP contribution in [0, 0.1) is 0 Å². The van der Waals surface area contributed by atoms with Gasteiger partial charge in [0.05, 0.1) is 0 Å². The summed E-state index contributed by atoms with van der Waals surface area (Å²) in [7, 11) is 3.95. The van der Waals surface area contributed by atoms with Gasteiger partial charge in [-0.05, 0) is 0 Å². The Morgan fingerprint density at radius 3 is 2.09 bits per heavy atom. The molecular formula is C7H16N2O2. The molecule has 0 rings (SSSR count). The molecule has 0 spiro atoms. The molecule has 0 aliphatic heterocycles. The van der Waals surface area contributed by atoms with Crippen molar-refractivity contribution in [3.8, 4) is 0 Å². The fraction of sp³-hybridized carbons (Fsp3) is 0.571. The van der Waals surface area contributed by atoms with E-state index >= 15 is 0 Å². The average molecular weight is 160 g/mol. The van der Waals surface area contributed by atoms with Crippen LogP contribution in [0.25, 0.3) is 0 Å². The fourth-order valence-corrected chi connectivity index (χ4v) is 0.316. The van der Waals surface area contributed by atoms with Crippen molar-refractivity contribution in [2.75, 3.05) is 20.6 Å². The number of aliphatic carboxylic acids is 1. The Balaban J connectivity index is 0. The Hall–Kier alpha value is -0.870. The van der Waals surface area contributed by atoms with Crippen LogP contribution in [0.5, 0.6) is 0 Å². The monoisotopic (exact) mass is 160 g/mol. The first-order chi connectivity index (χ1) is 5.04. The number of nitrogens with one attached hydrogen (secondary N) is 1. The van der Waals surface area contributed by atoms with E-state index in [0.29, 0.717) is 0 Å². The first-order valence-corrected chi connectivity index (χ1v) is 3.30. The highest BCUT2D eigenvalue weighted by Crippen LogP contribution is 1.57. The summed E-state index contributed by atoms with van der Waals surface area (Å²) in [4.78, 5) is 9.25. The van der Waals surface area contributed by atoms with Gasteiger partial charge in [0, 0.05) is 26.7 Å². The van der Waals surface area contributed by atoms with E-state index in [0.717, 1.165) is 12.6 Å². The molecule has 0 bridgehead atoms. The molecule has 0 amide bonds. The van der Waals surface area contributed by atoms with E-state index < -0.39 is 5.97 Å². The summed E-state index contributed by atoms with van der Waals surface area (Å²) >= 11 is 0. The molecule has 4 nitrogen and oxygen atoms in total. The van der Waals surface area contributed by atoms with Crippen LogP contribution in [-0.4, -0.2) is 36.7 Å². The third-order valence-electron chi connectivity index (χ3n) is 0.649. The van der Waals surface area contributed by atoms with Crippen LogP contribution < -0.4 is 5.43 Å². The number of nitrogens with zero attached hydrogens (tertiary/aromatic N) is 1. The second-order valence-electron chi connectivity index (χ2n) is 1.95. The summed E-state index contributed by atoms with van der Waals surface area (Å²) in [6.45, 7) is 6.04. The predicted molar refractivity (Wildman–Crippen MR) is 45.2 cm³/mol. The van der Waals surface area contributed by atoms with E-state index in [2.05, 4.69) is 18.9 Å². The molecule has 0 aliphatic carbocycles. The van der Waals surface area contributed by atoms with E-state index in [4.69, 9.17) is 5.11 Å². The summed E-state index contributed by atoms with van der Waals surface area (Å²) in [5.74, 6) is -0.981. The summed E-state index contributed by atoms with van der Waals surface area (Å²) in [6.07, 6.45) is 0.833. The molecule has 2 N–H and O–H groups in total. The molecule has 0 saturated carbocycles. The van der Waals surface area contributed by atoms with Gasteiger partial charge in [0.25, 0.3) is 0 Å². The zero-order valence-electron chi connectivity index (χ0n) is 7.29. The Kier molecular flexibility index (Phi) is 10.6. The van der Waals surface area contributed by atoms with Gasteiger partial charge in [0.2, 0.25) is 0 Å². The maximum Gasteiger partial charge on any atom is 0.327 e. The van der Waals surface area contributed by atoms with Gasteiger partial charge in [0.1, 0.15) is 0 Å². The minimum Gasteiger partial charge on any atom is -0.478 e. The van der Waals surface area contributed by atoms with Crippen LogP contribution >= 0.6 is 0 Å². The molecule has 0 saturated heterocycles. The van der Waals surface area contributed by atoms with Crippen molar-refractivity contribution in [2.24, 2.45) is 0 Å². The second kappa shape index (κ2) is 9.13. The van der Waals surface area contributed by atoms with Crippen LogP contribution in [0.3, 0.4) is 0 Å². The Morgan fingerprint density at radius 2 is 2.09 bits per heavy atom. The zero-order chi connectivity index (χ0) is 9.28. The van der Waals surface area contributed by atoms with Gasteiger partial charge in [0.15, 0.2) is 0 Å². The smallest absolute Gasteiger partial charge is 0.327 e. The highest BCUT2D eigenvalue weighted by atomic mass is 16.4. The summed E-state index contributed by atoms with van der Waals surface area (Å²) < 4.78 is 0. The number of hydrazine groups is 1. The van der Waals surface area contributed by atoms with Gasteiger partial charge in [-0.15, -0.1) is 0 Å². The summed E-state index contributed by atoms with van der Waals surface area (Å²) in [5, 5.41) is 9.53. The van der Waals surface area contributed by atoms with Gasteiger partial charge < -0.3 is 5.11 Å². The van der Waals surface area contributed by atoms with E-state index in [1.165, 1.54) is 0 Å². The van der Waals surface area contributed by atoms with Crippen LogP contribution in [0.1, 0.15) is 6.92 Å². The van der Waals surface area contributed by atoms with Crippen molar-refractivity contribution in [3.05, 3.63) is 12.7 Å². The molecule has 0 heterocycles. The quantitative estimate of drug-likeness (QED) is 0.461. The molecule has 0 unspecified atom stereocenters. The van der Waals surface area contributed by atoms with E-state index in [9.17, 15) is 4.79 Å². The first kappa shape index (κ1) is 12.8. The highest BCUT2D eigenvalue weighted by molar-refractivity contribution is 5.78. The molecule has 0 aliphatic rings. The molecule has 0 aromatic carbocycles. The van der Waals surface area contributed by atoms with Gasteiger partial charge in [-0.1, -0.05) is 13.5 Å². The minimum absolute atomic E-state index is 0.833. The zero-order valence-corrected chi connectivity index (χ0v) is 7.29. The molecule has 0 radical (unpaired) electrons. The average Bonchev–Trinajstić information content (AvgIpc) is 1.89. The van der Waals surface area contributed by atoms with Gasteiger partial charge in [-0.3, -0.25) is 10.4 Å². The molecule has 0 aromatic rings. The number of rotatable bonds is 3. The minimum atomic E-state index is -0.981. The Bertz CT molecular complexity index is 113. The van der Waals surface area contributed by atoms with Gasteiger partial charge >= 0.3 is 5.97 Å². The topological polar surface area (TPSA) is 52.6 Å². The van der Waals surface area contributed by atoms with Crippen molar-refractivity contribution in [1.82, 2.24) is 10.4 Å². The van der Waals surface area contributed by atoms with Crippen molar-refractivity contribution < 1.29 is 9.90 Å². The number of carbonyl (C=O) groups is 1. The molecule has 4 heteroatoms. The molecule has 11 heavy (non-hydrogen) atoms. The predicted octanol–water partition coefficient (Wildman–Crippen LogP) is 0.329. The van der Waals surface area contributed by atoms with Crippen LogP contribution in [0.15, 0.2) is 12.7 Å². The highest BCUT2D eigenvalue weighted by Gasteiger charge is 1.75. The van der Waals surface area contributed by atoms with Crippen LogP contribution in [0.2, 0.25) is 0 Å². The van der Waals surface area contributed by atoms with Crippen molar-refractivity contribution in [2.45, 2.75) is 6.92 Å². The van der Waals surface area contributed by atoms with E-state index in [1.54, 1.807) is 0 Å². The standard InChI is InChI=1S/C4H12N2.C3H4O2/c1-4-5-6(2)3;1-2-3(4)5/h5H,4H2,1-3H3;2H,1H2,(H,4,5). The Labute approximate surface area is 67.5 Å². The molecule has 0 atom stereocenters. The number of hydrogen-bond acceptors (Lipinski definition) is 3.